The van der Waals surface area contributed by atoms with E-state index >= 15 is 0 Å². The first-order chi connectivity index (χ1) is 17.1. The average Bonchev–Trinajstić information content (AvgIpc) is 2.80. The number of rotatable bonds is 5. The van der Waals surface area contributed by atoms with Crippen molar-refractivity contribution in [3.8, 4) is 0 Å². The van der Waals surface area contributed by atoms with E-state index in [0.717, 1.165) is 19.3 Å². The van der Waals surface area contributed by atoms with Gasteiger partial charge < -0.3 is 10.1 Å². The Bertz CT molecular complexity index is 1300. The smallest absolute Gasteiger partial charge is 0.307 e. The van der Waals surface area contributed by atoms with Gasteiger partial charge in [0.05, 0.1) is 6.42 Å². The molecule has 4 saturated carbocycles. The normalized spacial score (nSPS) is 30.4. The summed E-state index contributed by atoms with van der Waals surface area (Å²) >= 11 is 3.98. The summed E-state index contributed by atoms with van der Waals surface area (Å²) in [6, 6.07) is 11.4. The van der Waals surface area contributed by atoms with Crippen molar-refractivity contribution in [1.82, 2.24) is 0 Å². The number of alkyl halides is 1. The molecule has 186 valence electrons. The number of anilines is 1. The molecule has 1 N–H and O–H groups in total. The fourth-order valence-electron chi connectivity index (χ4n) is 7.56. The van der Waals surface area contributed by atoms with E-state index in [2.05, 4.69) is 21.2 Å². The maximum atomic E-state index is 13.0. The van der Waals surface area contributed by atoms with E-state index in [4.69, 9.17) is 4.74 Å². The van der Waals surface area contributed by atoms with Crippen LogP contribution in [0.2, 0.25) is 0 Å². The number of esters is 1. The molecule has 0 saturated heterocycles. The molecule has 0 heterocycles. The van der Waals surface area contributed by atoms with Crippen LogP contribution in [0, 0.1) is 17.3 Å². The van der Waals surface area contributed by atoms with Crippen LogP contribution in [0.3, 0.4) is 0 Å². The Morgan fingerprint density at radius 2 is 1.58 bits per heavy atom. The number of carbonyl (C=O) groups is 4. The number of hydrogen-bond acceptors (Lipinski definition) is 5. The van der Waals surface area contributed by atoms with Crippen LogP contribution >= 0.6 is 15.9 Å². The average molecular weight is 550 g/mol. The summed E-state index contributed by atoms with van der Waals surface area (Å²) in [4.78, 5) is 51.5. The fourth-order valence-corrected chi connectivity index (χ4v) is 9.07. The van der Waals surface area contributed by atoms with Crippen LogP contribution in [0.15, 0.2) is 42.5 Å². The molecule has 0 aliphatic heterocycles. The van der Waals surface area contributed by atoms with E-state index in [1.165, 1.54) is 25.3 Å². The molecule has 0 spiro atoms. The summed E-state index contributed by atoms with van der Waals surface area (Å²) in [5, 5.41) is 2.73. The summed E-state index contributed by atoms with van der Waals surface area (Å²) in [7, 11) is 0. The molecule has 0 radical (unpaired) electrons. The minimum absolute atomic E-state index is 0.0253. The molecule has 4 bridgehead atoms. The molecule has 3 unspecified atom stereocenters. The van der Waals surface area contributed by atoms with Crippen LogP contribution in [-0.2, 0) is 14.3 Å². The van der Waals surface area contributed by atoms with Crippen LogP contribution in [0.4, 0.5) is 5.69 Å². The summed E-state index contributed by atoms with van der Waals surface area (Å²) in [5.41, 5.74) is 1.67. The van der Waals surface area contributed by atoms with Crippen LogP contribution in [0.25, 0.3) is 0 Å². The minimum Gasteiger partial charge on any atom is -0.453 e. The summed E-state index contributed by atoms with van der Waals surface area (Å²) in [6.07, 6.45) is 6.16. The van der Waals surface area contributed by atoms with Crippen molar-refractivity contribution < 1.29 is 23.9 Å². The van der Waals surface area contributed by atoms with Gasteiger partial charge in [0.2, 0.25) is 0 Å². The van der Waals surface area contributed by atoms with Crippen molar-refractivity contribution in [2.75, 3.05) is 5.32 Å². The summed E-state index contributed by atoms with van der Waals surface area (Å²) < 4.78 is 5.73. The molecule has 5 aliphatic carbocycles. The van der Waals surface area contributed by atoms with Crippen molar-refractivity contribution in [3.05, 3.63) is 64.7 Å². The van der Waals surface area contributed by atoms with Crippen LogP contribution in [0.1, 0.15) is 83.7 Å². The number of nitrogens with one attached hydrogen (secondary N) is 1. The SMILES string of the molecule is CC(OC(=O)CC12CC3CC(CC(Br)(C3)C1)C2)C(=O)Nc1ccc2c(c1)C(=O)c1ccccc1C2=O. The first kappa shape index (κ1) is 23.6. The van der Waals surface area contributed by atoms with E-state index in [1.807, 2.05) is 0 Å². The Labute approximate surface area is 218 Å². The lowest BCUT2D eigenvalue weighted by molar-refractivity contribution is -0.159. The first-order valence-corrected chi connectivity index (χ1v) is 13.4. The molecule has 2 aromatic rings. The molecular formula is C29H28BrNO5. The Morgan fingerprint density at radius 3 is 2.22 bits per heavy atom. The number of carbonyl (C=O) groups excluding carboxylic acids is 4. The predicted octanol–water partition coefficient (Wildman–Crippen LogP) is 5.46. The maximum Gasteiger partial charge on any atom is 0.307 e. The van der Waals surface area contributed by atoms with Gasteiger partial charge in [-0.1, -0.05) is 40.2 Å². The van der Waals surface area contributed by atoms with E-state index in [9.17, 15) is 19.2 Å². The standard InChI is InChI=1S/C29H28BrNO5/c1-16(36-24(32)14-28-10-17-8-18(11-28)13-29(30,12-17)15-28)27(35)31-19-6-7-22-23(9-19)26(34)21-5-3-2-4-20(21)25(22)33/h2-7,9,16-18H,8,10-15H2,1H3,(H,31,35). The highest BCUT2D eigenvalue weighted by atomic mass is 79.9. The Balaban J connectivity index is 1.11. The highest BCUT2D eigenvalue weighted by Gasteiger charge is 2.57. The van der Waals surface area contributed by atoms with E-state index in [0.29, 0.717) is 40.6 Å². The number of fused-ring (bicyclic) bond motifs is 2. The first-order valence-electron chi connectivity index (χ1n) is 12.7. The van der Waals surface area contributed by atoms with Gasteiger partial charge >= 0.3 is 5.97 Å². The molecule has 2 aromatic carbocycles. The molecule has 36 heavy (non-hydrogen) atoms. The van der Waals surface area contributed by atoms with Gasteiger partial charge in [0.1, 0.15) is 0 Å². The molecule has 5 aliphatic rings. The minimum atomic E-state index is -0.974. The molecular weight excluding hydrogens is 522 g/mol. The number of halogens is 1. The van der Waals surface area contributed by atoms with Crippen molar-refractivity contribution in [3.63, 3.8) is 0 Å². The molecule has 0 aromatic heterocycles. The third-order valence-corrected chi connectivity index (χ3v) is 9.43. The Kier molecular flexibility index (Phi) is 5.48. The zero-order chi connectivity index (χ0) is 25.2. The zero-order valence-corrected chi connectivity index (χ0v) is 21.7. The number of amides is 1. The lowest BCUT2D eigenvalue weighted by Gasteiger charge is -2.60. The quantitative estimate of drug-likeness (QED) is 0.337. The highest BCUT2D eigenvalue weighted by molar-refractivity contribution is 9.10. The lowest BCUT2D eigenvalue weighted by Crippen LogP contribution is -2.53. The van der Waals surface area contributed by atoms with Gasteiger partial charge in [-0.3, -0.25) is 19.2 Å². The Morgan fingerprint density at radius 1 is 0.972 bits per heavy atom. The van der Waals surface area contributed by atoms with E-state index < -0.39 is 12.0 Å². The van der Waals surface area contributed by atoms with E-state index in [1.54, 1.807) is 43.3 Å². The highest BCUT2D eigenvalue weighted by Crippen LogP contribution is 2.65. The van der Waals surface area contributed by atoms with Crippen molar-refractivity contribution in [2.24, 2.45) is 17.3 Å². The third kappa shape index (κ3) is 4.01. The zero-order valence-electron chi connectivity index (χ0n) is 20.1. The molecule has 3 atom stereocenters. The summed E-state index contributed by atoms with van der Waals surface area (Å²) in [6.45, 7) is 1.56. The van der Waals surface area contributed by atoms with Crippen LogP contribution in [-0.4, -0.2) is 33.9 Å². The topological polar surface area (TPSA) is 89.5 Å². The predicted molar refractivity (Wildman–Crippen MR) is 137 cm³/mol. The number of ketones is 2. The second kappa shape index (κ2) is 8.37. The van der Waals surface area contributed by atoms with Crippen LogP contribution in [0.5, 0.6) is 0 Å². The van der Waals surface area contributed by atoms with Crippen molar-refractivity contribution in [1.29, 1.82) is 0 Å². The second-order valence-corrected chi connectivity index (χ2v) is 13.1. The monoisotopic (exact) mass is 549 g/mol. The van der Waals surface area contributed by atoms with Crippen molar-refractivity contribution >= 4 is 45.1 Å². The van der Waals surface area contributed by atoms with Gasteiger partial charge in [0.15, 0.2) is 17.7 Å². The van der Waals surface area contributed by atoms with Gasteiger partial charge in [0, 0.05) is 32.3 Å². The van der Waals surface area contributed by atoms with Gasteiger partial charge in [-0.05, 0) is 80.9 Å². The van der Waals surface area contributed by atoms with Crippen LogP contribution < -0.4 is 5.32 Å². The van der Waals surface area contributed by atoms with Crippen molar-refractivity contribution in [2.45, 2.75) is 62.3 Å². The molecule has 7 heteroatoms. The molecule has 1 amide bonds. The molecule has 4 fully saturated rings. The third-order valence-electron chi connectivity index (χ3n) is 8.50. The largest absolute Gasteiger partial charge is 0.453 e. The van der Waals surface area contributed by atoms with Gasteiger partial charge in [-0.2, -0.15) is 0 Å². The number of benzene rings is 2. The fraction of sp³-hybridized carbons (Fsp3) is 0.448. The lowest BCUT2D eigenvalue weighted by atomic mass is 9.49. The molecule has 6 nitrogen and oxygen atoms in total. The number of ether oxygens (including phenoxy) is 1. The second-order valence-electron chi connectivity index (χ2n) is 11.4. The Hall–Kier alpha value is -2.80. The summed E-state index contributed by atoms with van der Waals surface area (Å²) in [5.74, 6) is 0.0694. The van der Waals surface area contributed by atoms with Gasteiger partial charge in [0.25, 0.3) is 5.91 Å². The molecule has 7 rings (SSSR count). The van der Waals surface area contributed by atoms with Gasteiger partial charge in [-0.25, -0.2) is 0 Å². The van der Waals surface area contributed by atoms with Gasteiger partial charge in [-0.15, -0.1) is 0 Å². The maximum absolute atomic E-state index is 13.0. The number of hydrogen-bond donors (Lipinski definition) is 1. The van der Waals surface area contributed by atoms with E-state index in [-0.39, 0.29) is 32.8 Å².